The topological polar surface area (TPSA) is 62.3 Å². The number of fused-ring (bicyclic) bond motifs is 1. The second kappa shape index (κ2) is 7.76. The molecule has 0 bridgehead atoms. The van der Waals surface area contributed by atoms with Crippen LogP contribution in [0.1, 0.15) is 12.0 Å². The molecule has 28 heavy (non-hydrogen) atoms. The second-order valence-electron chi connectivity index (χ2n) is 6.89. The maximum absolute atomic E-state index is 13.7. The highest BCUT2D eigenvalue weighted by molar-refractivity contribution is 6.05. The van der Waals surface area contributed by atoms with Gasteiger partial charge in [0.15, 0.2) is 0 Å². The summed E-state index contributed by atoms with van der Waals surface area (Å²) in [6.45, 7) is 0.653. The number of rotatable bonds is 5. The number of hydrogen-bond donors (Lipinski definition) is 1. The summed E-state index contributed by atoms with van der Waals surface area (Å²) in [5.41, 5.74) is 2.04. The molecule has 142 valence electrons. The van der Waals surface area contributed by atoms with E-state index in [2.05, 4.69) is 10.3 Å². The summed E-state index contributed by atoms with van der Waals surface area (Å²) in [5.74, 6) is -0.970. The van der Waals surface area contributed by atoms with Crippen LogP contribution in [0.25, 0.3) is 10.9 Å². The lowest BCUT2D eigenvalue weighted by Crippen LogP contribution is -2.34. The van der Waals surface area contributed by atoms with Gasteiger partial charge in [0.1, 0.15) is 5.82 Å². The van der Waals surface area contributed by atoms with Gasteiger partial charge in [0.2, 0.25) is 11.8 Å². The van der Waals surface area contributed by atoms with E-state index in [-0.39, 0.29) is 24.1 Å². The number of carbonyl (C=O) groups excluding carboxylic acids is 2. The van der Waals surface area contributed by atoms with Gasteiger partial charge in [0.25, 0.3) is 0 Å². The molecule has 0 saturated carbocycles. The molecule has 4 rings (SSSR count). The predicted octanol–water partition coefficient (Wildman–Crippen LogP) is 3.09. The van der Waals surface area contributed by atoms with Crippen LogP contribution in [0.15, 0.2) is 60.8 Å². The van der Waals surface area contributed by atoms with Crippen molar-refractivity contribution in [1.29, 1.82) is 0 Å². The quantitative estimate of drug-likeness (QED) is 0.743. The number of aromatic nitrogens is 1. The Labute approximate surface area is 162 Å². The molecular formula is C22H20FN3O2. The number of para-hydroxylation sites is 1. The third-order valence-electron chi connectivity index (χ3n) is 5.05. The molecule has 1 aliphatic heterocycles. The van der Waals surface area contributed by atoms with Crippen LogP contribution < -0.4 is 10.2 Å². The molecule has 2 amide bonds. The first-order chi connectivity index (χ1) is 13.6. The van der Waals surface area contributed by atoms with Crippen LogP contribution in [0.5, 0.6) is 0 Å². The van der Waals surface area contributed by atoms with Crippen LogP contribution >= 0.6 is 0 Å². The van der Waals surface area contributed by atoms with Gasteiger partial charge in [-0.05, 0) is 30.2 Å². The second-order valence-corrected chi connectivity index (χ2v) is 6.89. The van der Waals surface area contributed by atoms with Crippen molar-refractivity contribution in [3.63, 3.8) is 0 Å². The van der Waals surface area contributed by atoms with Crippen molar-refractivity contribution in [3.05, 3.63) is 72.2 Å². The summed E-state index contributed by atoms with van der Waals surface area (Å²) in [4.78, 5) is 31.1. The van der Waals surface area contributed by atoms with Gasteiger partial charge in [-0.25, -0.2) is 4.39 Å². The molecule has 1 aliphatic rings. The lowest BCUT2D eigenvalue weighted by atomic mass is 10.1. The van der Waals surface area contributed by atoms with Crippen LogP contribution in [0, 0.1) is 11.7 Å². The monoisotopic (exact) mass is 377 g/mol. The number of pyridine rings is 1. The Balaban J connectivity index is 1.41. The Hall–Kier alpha value is -3.28. The number of halogens is 1. The van der Waals surface area contributed by atoms with Crippen LogP contribution in [0.3, 0.4) is 0 Å². The third kappa shape index (κ3) is 3.58. The normalized spacial score (nSPS) is 16.5. The summed E-state index contributed by atoms with van der Waals surface area (Å²) >= 11 is 0. The molecule has 1 atom stereocenters. The van der Waals surface area contributed by atoms with Gasteiger partial charge in [-0.1, -0.05) is 36.4 Å². The van der Waals surface area contributed by atoms with E-state index in [1.54, 1.807) is 29.3 Å². The maximum Gasteiger partial charge on any atom is 0.227 e. The number of nitrogens with zero attached hydrogens (tertiary/aromatic N) is 2. The Morgan fingerprint density at radius 1 is 1.14 bits per heavy atom. The predicted molar refractivity (Wildman–Crippen MR) is 105 cm³/mol. The van der Waals surface area contributed by atoms with Crippen molar-refractivity contribution >= 4 is 28.4 Å². The lowest BCUT2D eigenvalue weighted by molar-refractivity contribution is -0.126. The molecule has 2 heterocycles. The minimum Gasteiger partial charge on any atom is -0.355 e. The molecule has 1 saturated heterocycles. The number of amides is 2. The van der Waals surface area contributed by atoms with Crippen molar-refractivity contribution in [3.8, 4) is 0 Å². The highest BCUT2D eigenvalue weighted by atomic mass is 19.1. The fourth-order valence-corrected chi connectivity index (χ4v) is 3.59. The molecule has 2 aromatic carbocycles. The Bertz CT molecular complexity index is 1030. The van der Waals surface area contributed by atoms with Crippen LogP contribution in [0.2, 0.25) is 0 Å². The highest BCUT2D eigenvalue weighted by Crippen LogP contribution is 2.30. The molecule has 1 unspecified atom stereocenters. The molecule has 1 N–H and O–H groups in total. The molecular weight excluding hydrogens is 357 g/mol. The average Bonchev–Trinajstić information content (AvgIpc) is 3.10. The molecule has 3 aromatic rings. The molecule has 1 aromatic heterocycles. The van der Waals surface area contributed by atoms with Crippen molar-refractivity contribution < 1.29 is 14.0 Å². The molecule has 1 fully saturated rings. The zero-order valence-corrected chi connectivity index (χ0v) is 15.3. The van der Waals surface area contributed by atoms with Gasteiger partial charge in [-0.15, -0.1) is 0 Å². The number of anilines is 1. The molecule has 6 heteroatoms. The molecule has 0 aliphatic carbocycles. The zero-order chi connectivity index (χ0) is 19.5. The summed E-state index contributed by atoms with van der Waals surface area (Å²) < 4.78 is 13.7. The van der Waals surface area contributed by atoms with E-state index in [9.17, 15) is 14.0 Å². The van der Waals surface area contributed by atoms with Crippen molar-refractivity contribution in [2.75, 3.05) is 18.0 Å². The van der Waals surface area contributed by atoms with Gasteiger partial charge in [-0.3, -0.25) is 14.6 Å². The fourth-order valence-electron chi connectivity index (χ4n) is 3.59. The van der Waals surface area contributed by atoms with Crippen LogP contribution in [-0.2, 0) is 16.0 Å². The van der Waals surface area contributed by atoms with Gasteiger partial charge >= 0.3 is 0 Å². The number of hydrogen-bond acceptors (Lipinski definition) is 3. The van der Waals surface area contributed by atoms with E-state index >= 15 is 0 Å². The first-order valence-corrected chi connectivity index (χ1v) is 9.29. The maximum atomic E-state index is 13.7. The van der Waals surface area contributed by atoms with E-state index < -0.39 is 5.92 Å². The molecule has 0 radical (unpaired) electrons. The summed E-state index contributed by atoms with van der Waals surface area (Å²) in [6, 6.07) is 16.0. The average molecular weight is 377 g/mol. The van der Waals surface area contributed by atoms with Crippen molar-refractivity contribution in [2.24, 2.45) is 5.92 Å². The summed E-state index contributed by atoms with van der Waals surface area (Å²) in [5, 5.41) is 3.78. The molecule has 5 nitrogen and oxygen atoms in total. The Morgan fingerprint density at radius 3 is 2.82 bits per heavy atom. The Morgan fingerprint density at radius 2 is 1.96 bits per heavy atom. The first kappa shape index (κ1) is 18.1. The lowest BCUT2D eigenvalue weighted by Gasteiger charge is -2.18. The largest absolute Gasteiger partial charge is 0.355 e. The van der Waals surface area contributed by atoms with E-state index in [1.807, 2.05) is 30.3 Å². The minimum atomic E-state index is -0.424. The van der Waals surface area contributed by atoms with E-state index in [0.29, 0.717) is 25.1 Å². The fraction of sp³-hybridized carbons (Fsp3) is 0.227. The molecule has 0 spiro atoms. The van der Waals surface area contributed by atoms with Gasteiger partial charge in [0.05, 0.1) is 17.1 Å². The minimum absolute atomic E-state index is 0.0904. The zero-order valence-electron chi connectivity index (χ0n) is 15.3. The standard InChI is InChI=1S/C22H20FN3O2/c23-18-8-2-1-5-15(18)10-12-25-22(28)17-13-20(27)26(14-17)19-9-3-6-16-7-4-11-24-21(16)19/h1-9,11,17H,10,12-14H2,(H,25,28). The number of carbonyl (C=O) groups is 2. The van der Waals surface area contributed by atoms with Crippen molar-refractivity contribution in [1.82, 2.24) is 10.3 Å². The summed E-state index contributed by atoms with van der Waals surface area (Å²) in [7, 11) is 0. The smallest absolute Gasteiger partial charge is 0.227 e. The van der Waals surface area contributed by atoms with E-state index in [4.69, 9.17) is 0 Å². The van der Waals surface area contributed by atoms with Crippen LogP contribution in [0.4, 0.5) is 10.1 Å². The summed E-state index contributed by atoms with van der Waals surface area (Å²) in [6.07, 6.45) is 2.27. The van der Waals surface area contributed by atoms with E-state index in [0.717, 1.165) is 16.6 Å². The van der Waals surface area contributed by atoms with Gasteiger partial charge in [0, 0.05) is 31.1 Å². The number of benzene rings is 2. The van der Waals surface area contributed by atoms with E-state index in [1.165, 1.54) is 6.07 Å². The van der Waals surface area contributed by atoms with Crippen molar-refractivity contribution in [2.45, 2.75) is 12.8 Å². The van der Waals surface area contributed by atoms with Gasteiger partial charge in [-0.2, -0.15) is 0 Å². The van der Waals surface area contributed by atoms with Gasteiger partial charge < -0.3 is 10.2 Å². The number of nitrogens with one attached hydrogen (secondary N) is 1. The Kier molecular flexibility index (Phi) is 5.02. The SMILES string of the molecule is O=C(NCCc1ccccc1F)C1CC(=O)N(c2cccc3cccnc23)C1. The third-order valence-corrected chi connectivity index (χ3v) is 5.05. The van der Waals surface area contributed by atoms with Crippen LogP contribution in [-0.4, -0.2) is 29.9 Å². The first-order valence-electron chi connectivity index (χ1n) is 9.29. The highest BCUT2D eigenvalue weighted by Gasteiger charge is 2.35.